The number of hydrogen-bond donors (Lipinski definition) is 0. The molecular formula is C23H30N2O5S. The fraction of sp³-hybridized carbons (Fsp3) is 0.522. The number of ether oxygens (including phenoxy) is 3. The first-order valence-electron chi connectivity index (χ1n) is 10.8. The number of benzene rings is 1. The Morgan fingerprint density at radius 3 is 2.71 bits per heavy atom. The molecule has 7 nitrogen and oxygen atoms in total. The van der Waals surface area contributed by atoms with Gasteiger partial charge >= 0.3 is 5.97 Å². The molecule has 2 aliphatic rings. The van der Waals surface area contributed by atoms with Crippen LogP contribution < -0.4 is 9.47 Å². The number of allylic oxidation sites excluding steroid dienone is 1. The third-order valence-electron chi connectivity index (χ3n) is 5.04. The van der Waals surface area contributed by atoms with Crippen molar-refractivity contribution in [2.75, 3.05) is 25.6 Å². The van der Waals surface area contributed by atoms with Gasteiger partial charge < -0.3 is 14.2 Å². The van der Waals surface area contributed by atoms with Gasteiger partial charge in [-0.2, -0.15) is 0 Å². The Morgan fingerprint density at radius 1 is 1.19 bits per heavy atom. The minimum Gasteiger partial charge on any atom is -0.490 e. The van der Waals surface area contributed by atoms with Crippen LogP contribution in [0.4, 0.5) is 0 Å². The summed E-state index contributed by atoms with van der Waals surface area (Å²) in [4.78, 5) is 31.9. The topological polar surface area (TPSA) is 77.4 Å². The molecular weight excluding hydrogens is 416 g/mol. The van der Waals surface area contributed by atoms with Gasteiger partial charge in [-0.25, -0.2) is 9.79 Å². The number of nitrogens with zero attached hydrogens (tertiary/aromatic N) is 2. The molecule has 1 saturated heterocycles. The van der Waals surface area contributed by atoms with Crippen molar-refractivity contribution in [3.8, 4) is 11.5 Å². The van der Waals surface area contributed by atoms with Crippen LogP contribution in [0, 0.1) is 0 Å². The molecule has 0 bridgehead atoms. The number of carbonyl (C=O) groups is 2. The van der Waals surface area contributed by atoms with Crippen LogP contribution in [0.1, 0.15) is 58.6 Å². The van der Waals surface area contributed by atoms with Crippen molar-refractivity contribution in [1.82, 2.24) is 4.90 Å². The summed E-state index contributed by atoms with van der Waals surface area (Å²) in [6.07, 6.45) is 2.38. The number of aliphatic imine (C=N–C) groups is 1. The van der Waals surface area contributed by atoms with Crippen LogP contribution in [0.15, 0.2) is 34.5 Å². The molecule has 1 aromatic carbocycles. The van der Waals surface area contributed by atoms with E-state index in [4.69, 9.17) is 14.2 Å². The molecule has 0 saturated carbocycles. The summed E-state index contributed by atoms with van der Waals surface area (Å²) >= 11 is 1.52. The van der Waals surface area contributed by atoms with Crippen molar-refractivity contribution in [3.63, 3.8) is 0 Å². The average molecular weight is 447 g/mol. The number of carbonyl (C=O) groups excluding carboxylic acids is 2. The second-order valence-electron chi connectivity index (χ2n) is 7.22. The van der Waals surface area contributed by atoms with Crippen molar-refractivity contribution in [2.24, 2.45) is 4.99 Å². The minimum atomic E-state index is -0.615. The highest BCUT2D eigenvalue weighted by atomic mass is 32.2. The van der Waals surface area contributed by atoms with Crippen LogP contribution >= 0.6 is 11.8 Å². The molecule has 31 heavy (non-hydrogen) atoms. The summed E-state index contributed by atoms with van der Waals surface area (Å²) in [7, 11) is 0. The maximum Gasteiger partial charge on any atom is 0.338 e. The maximum absolute atomic E-state index is 12.9. The highest BCUT2D eigenvalue weighted by molar-refractivity contribution is 8.14. The Bertz CT molecular complexity index is 896. The van der Waals surface area contributed by atoms with E-state index in [-0.39, 0.29) is 12.5 Å². The Kier molecular flexibility index (Phi) is 8.01. The lowest BCUT2D eigenvalue weighted by atomic mass is 9.93. The van der Waals surface area contributed by atoms with Gasteiger partial charge in [-0.15, -0.1) is 0 Å². The molecule has 1 unspecified atom stereocenters. The lowest BCUT2D eigenvalue weighted by Crippen LogP contribution is -2.45. The maximum atomic E-state index is 12.9. The van der Waals surface area contributed by atoms with Crippen molar-refractivity contribution in [1.29, 1.82) is 0 Å². The first-order valence-corrected chi connectivity index (χ1v) is 11.8. The van der Waals surface area contributed by atoms with Gasteiger partial charge in [0.1, 0.15) is 0 Å². The molecule has 8 heteroatoms. The van der Waals surface area contributed by atoms with E-state index in [0.29, 0.717) is 53.3 Å². The summed E-state index contributed by atoms with van der Waals surface area (Å²) in [5.41, 5.74) is 1.71. The highest BCUT2D eigenvalue weighted by Crippen LogP contribution is 2.42. The lowest BCUT2D eigenvalue weighted by Gasteiger charge is -2.39. The van der Waals surface area contributed by atoms with Crippen molar-refractivity contribution in [2.45, 2.75) is 53.0 Å². The van der Waals surface area contributed by atoms with Gasteiger partial charge in [0.15, 0.2) is 16.7 Å². The van der Waals surface area contributed by atoms with Gasteiger partial charge in [-0.3, -0.25) is 9.69 Å². The van der Waals surface area contributed by atoms with Gasteiger partial charge in [0.05, 0.1) is 37.1 Å². The van der Waals surface area contributed by atoms with Gasteiger partial charge in [0, 0.05) is 12.2 Å². The average Bonchev–Trinajstić information content (AvgIpc) is 2.74. The number of unbranched alkanes of at least 4 members (excludes halogenated alkanes) is 1. The Balaban J connectivity index is 2.07. The summed E-state index contributed by atoms with van der Waals surface area (Å²) in [5, 5.41) is 0.619. The van der Waals surface area contributed by atoms with Gasteiger partial charge in [-0.1, -0.05) is 31.2 Å². The van der Waals surface area contributed by atoms with E-state index in [2.05, 4.69) is 11.9 Å². The molecule has 0 aliphatic carbocycles. The second-order valence-corrected chi connectivity index (χ2v) is 8.28. The number of fused-ring (bicyclic) bond motifs is 1. The molecule has 1 aromatic rings. The van der Waals surface area contributed by atoms with E-state index in [1.807, 2.05) is 25.1 Å². The van der Waals surface area contributed by atoms with Gasteiger partial charge in [-0.05, 0) is 44.9 Å². The molecule has 1 fully saturated rings. The van der Waals surface area contributed by atoms with Gasteiger partial charge in [0.25, 0.3) is 0 Å². The third-order valence-corrected chi connectivity index (χ3v) is 6.00. The molecule has 1 amide bonds. The van der Waals surface area contributed by atoms with Crippen molar-refractivity contribution < 1.29 is 23.8 Å². The van der Waals surface area contributed by atoms with Crippen LogP contribution in [-0.4, -0.2) is 47.5 Å². The smallest absolute Gasteiger partial charge is 0.338 e. The van der Waals surface area contributed by atoms with E-state index in [1.54, 1.807) is 18.7 Å². The predicted molar refractivity (Wildman–Crippen MR) is 121 cm³/mol. The molecule has 3 rings (SSSR count). The Labute approximate surface area is 187 Å². The minimum absolute atomic E-state index is 0.0574. The lowest BCUT2D eigenvalue weighted by molar-refractivity contribution is -0.139. The zero-order chi connectivity index (χ0) is 22.4. The van der Waals surface area contributed by atoms with E-state index in [1.165, 1.54) is 11.8 Å². The SMILES string of the molecule is CCCCOc1ccc(C2C(C(=O)OCC)=C(C)N=C3SCCC(=O)N32)cc1OCC. The molecule has 0 radical (unpaired) electrons. The predicted octanol–water partition coefficient (Wildman–Crippen LogP) is 4.48. The van der Waals surface area contributed by atoms with Crippen LogP contribution in [0.25, 0.3) is 0 Å². The molecule has 0 spiro atoms. The van der Waals surface area contributed by atoms with Crippen LogP contribution in [-0.2, 0) is 14.3 Å². The fourth-order valence-corrected chi connectivity index (χ4v) is 4.60. The first kappa shape index (κ1) is 23.2. The first-order chi connectivity index (χ1) is 15.0. The van der Waals surface area contributed by atoms with E-state index < -0.39 is 12.0 Å². The van der Waals surface area contributed by atoms with E-state index in [9.17, 15) is 9.59 Å². The summed E-state index contributed by atoms with van der Waals surface area (Å²) in [5.74, 6) is 1.41. The number of hydrogen-bond acceptors (Lipinski definition) is 7. The number of amidine groups is 1. The Morgan fingerprint density at radius 2 is 2.00 bits per heavy atom. The monoisotopic (exact) mass is 446 g/mol. The Hall–Kier alpha value is -2.48. The van der Waals surface area contributed by atoms with Crippen molar-refractivity contribution >= 4 is 28.8 Å². The number of esters is 1. The molecule has 2 aliphatic heterocycles. The van der Waals surface area contributed by atoms with Crippen LogP contribution in [0.2, 0.25) is 0 Å². The fourth-order valence-electron chi connectivity index (χ4n) is 3.59. The number of thioether (sulfide) groups is 1. The van der Waals surface area contributed by atoms with Crippen LogP contribution in [0.3, 0.4) is 0 Å². The van der Waals surface area contributed by atoms with Gasteiger partial charge in [0.2, 0.25) is 5.91 Å². The number of rotatable bonds is 9. The summed E-state index contributed by atoms with van der Waals surface area (Å²) < 4.78 is 17.1. The van der Waals surface area contributed by atoms with Crippen LogP contribution in [0.5, 0.6) is 11.5 Å². The standard InChI is InChI=1S/C23H30N2O5S/c1-5-8-12-30-17-10-9-16(14-18(17)28-6-2)21-20(22(27)29-7-3)15(4)24-23-25(21)19(26)11-13-31-23/h9-10,14,21H,5-8,11-13H2,1-4H3. The van der Waals surface area contributed by atoms with Crippen molar-refractivity contribution in [3.05, 3.63) is 35.0 Å². The zero-order valence-corrected chi connectivity index (χ0v) is 19.4. The third kappa shape index (κ3) is 5.06. The largest absolute Gasteiger partial charge is 0.490 e. The van der Waals surface area contributed by atoms with E-state index >= 15 is 0 Å². The normalized spacial score (nSPS) is 18.5. The quantitative estimate of drug-likeness (QED) is 0.411. The highest BCUT2D eigenvalue weighted by Gasteiger charge is 2.41. The zero-order valence-electron chi connectivity index (χ0n) is 18.6. The molecule has 2 heterocycles. The summed E-state index contributed by atoms with van der Waals surface area (Å²) in [6.45, 7) is 8.89. The second kappa shape index (κ2) is 10.7. The molecule has 1 atom stereocenters. The summed E-state index contributed by atoms with van der Waals surface area (Å²) in [6, 6.07) is 4.98. The molecule has 168 valence electrons. The molecule has 0 aromatic heterocycles. The van der Waals surface area contributed by atoms with E-state index in [0.717, 1.165) is 18.4 Å². The number of amides is 1. The molecule has 0 N–H and O–H groups in total.